The molecule has 2 N–H and O–H groups in total. The third kappa shape index (κ3) is 3.22. The first-order valence-corrected chi connectivity index (χ1v) is 7.28. The highest BCUT2D eigenvalue weighted by Crippen LogP contribution is 2.39. The summed E-state index contributed by atoms with van der Waals surface area (Å²) in [4.78, 5) is 15.0. The number of rotatable bonds is 5. The molecule has 0 spiro atoms. The molecule has 0 amide bonds. The van der Waals surface area contributed by atoms with Gasteiger partial charge in [0.1, 0.15) is 0 Å². The highest BCUT2D eigenvalue weighted by molar-refractivity contribution is 7.13. The molecular formula is C13H20N2O2S. The van der Waals surface area contributed by atoms with Crippen molar-refractivity contribution in [3.63, 3.8) is 0 Å². The lowest BCUT2D eigenvalue weighted by Crippen LogP contribution is -2.30. The second kappa shape index (κ2) is 5.26. The standard InChI is InChI=1S/C13H20N2O2S/c1-13(2)7-3-4-10(13)15-12-14-9(8-18-12)5-6-11(16)17/h8,10H,3-7H2,1-2H3,(H,14,15)(H,16,17). The molecule has 1 aromatic rings. The fraction of sp³-hybridized carbons (Fsp3) is 0.692. The van der Waals surface area contributed by atoms with Gasteiger partial charge in [-0.3, -0.25) is 4.79 Å². The van der Waals surface area contributed by atoms with Crippen LogP contribution in [0.15, 0.2) is 5.38 Å². The van der Waals surface area contributed by atoms with Crippen molar-refractivity contribution in [2.45, 2.75) is 52.0 Å². The van der Waals surface area contributed by atoms with Gasteiger partial charge >= 0.3 is 5.97 Å². The van der Waals surface area contributed by atoms with E-state index in [9.17, 15) is 4.79 Å². The summed E-state index contributed by atoms with van der Waals surface area (Å²) in [5.74, 6) is -0.769. The average Bonchev–Trinajstić information content (AvgIpc) is 2.84. The van der Waals surface area contributed by atoms with Crippen LogP contribution in [0.25, 0.3) is 0 Å². The number of aryl methyl sites for hydroxylation is 1. The largest absolute Gasteiger partial charge is 0.481 e. The molecule has 100 valence electrons. The Labute approximate surface area is 111 Å². The van der Waals surface area contributed by atoms with Gasteiger partial charge in [0, 0.05) is 17.8 Å². The fourth-order valence-corrected chi connectivity index (χ4v) is 3.26. The molecule has 0 bridgehead atoms. The number of nitrogens with one attached hydrogen (secondary N) is 1. The van der Waals surface area contributed by atoms with Crippen LogP contribution >= 0.6 is 11.3 Å². The maximum absolute atomic E-state index is 10.5. The molecule has 1 aromatic heterocycles. The molecule has 18 heavy (non-hydrogen) atoms. The molecule has 1 atom stereocenters. The number of anilines is 1. The van der Waals surface area contributed by atoms with E-state index in [1.807, 2.05) is 5.38 Å². The van der Waals surface area contributed by atoms with Gasteiger partial charge in [0.05, 0.1) is 12.1 Å². The van der Waals surface area contributed by atoms with E-state index in [4.69, 9.17) is 5.11 Å². The lowest BCUT2D eigenvalue weighted by molar-refractivity contribution is -0.136. The first-order chi connectivity index (χ1) is 8.47. The molecule has 0 saturated heterocycles. The van der Waals surface area contributed by atoms with Crippen molar-refractivity contribution in [3.8, 4) is 0 Å². The van der Waals surface area contributed by atoms with E-state index in [-0.39, 0.29) is 6.42 Å². The quantitative estimate of drug-likeness (QED) is 0.861. The molecule has 0 aromatic carbocycles. The van der Waals surface area contributed by atoms with Gasteiger partial charge in [-0.25, -0.2) is 4.98 Å². The van der Waals surface area contributed by atoms with Gasteiger partial charge in [0.15, 0.2) is 5.13 Å². The molecule has 0 aliphatic heterocycles. The number of hydrogen-bond donors (Lipinski definition) is 2. The molecule has 5 heteroatoms. The summed E-state index contributed by atoms with van der Waals surface area (Å²) in [6, 6.07) is 0.482. The summed E-state index contributed by atoms with van der Waals surface area (Å²) in [5.41, 5.74) is 1.20. The predicted octanol–water partition coefficient (Wildman–Crippen LogP) is 3.15. The highest BCUT2D eigenvalue weighted by Gasteiger charge is 2.34. The molecule has 1 unspecified atom stereocenters. The maximum atomic E-state index is 10.5. The van der Waals surface area contributed by atoms with Gasteiger partial charge in [-0.1, -0.05) is 20.3 Å². The van der Waals surface area contributed by atoms with E-state index >= 15 is 0 Å². The summed E-state index contributed by atoms with van der Waals surface area (Å²) in [5, 5.41) is 15.0. The summed E-state index contributed by atoms with van der Waals surface area (Å²) in [7, 11) is 0. The topological polar surface area (TPSA) is 62.2 Å². The second-order valence-corrected chi connectivity index (χ2v) is 6.47. The van der Waals surface area contributed by atoms with Crippen molar-refractivity contribution in [2.75, 3.05) is 5.32 Å². The van der Waals surface area contributed by atoms with Gasteiger partial charge in [-0.15, -0.1) is 11.3 Å². The van der Waals surface area contributed by atoms with E-state index in [1.54, 1.807) is 11.3 Å². The minimum absolute atomic E-state index is 0.151. The van der Waals surface area contributed by atoms with E-state index in [2.05, 4.69) is 24.1 Å². The minimum atomic E-state index is -0.769. The summed E-state index contributed by atoms with van der Waals surface area (Å²) in [6.45, 7) is 4.58. The van der Waals surface area contributed by atoms with Crippen molar-refractivity contribution in [1.82, 2.24) is 4.98 Å². The molecular weight excluding hydrogens is 248 g/mol. The number of carboxylic acid groups (broad SMARTS) is 1. The van der Waals surface area contributed by atoms with Crippen molar-refractivity contribution >= 4 is 22.4 Å². The zero-order valence-electron chi connectivity index (χ0n) is 10.9. The molecule has 0 radical (unpaired) electrons. The second-order valence-electron chi connectivity index (χ2n) is 5.62. The number of nitrogens with zero attached hydrogens (tertiary/aromatic N) is 1. The lowest BCUT2D eigenvalue weighted by Gasteiger charge is -2.27. The Hall–Kier alpha value is -1.10. The van der Waals surface area contributed by atoms with Crippen LogP contribution in [0.3, 0.4) is 0 Å². The van der Waals surface area contributed by atoms with Crippen LogP contribution in [0.4, 0.5) is 5.13 Å². The first-order valence-electron chi connectivity index (χ1n) is 6.40. The Bertz CT molecular complexity index is 428. The first kappa shape index (κ1) is 13.3. The van der Waals surface area contributed by atoms with E-state index in [0.29, 0.717) is 17.9 Å². The normalized spacial score (nSPS) is 22.0. The van der Waals surface area contributed by atoms with Crippen LogP contribution < -0.4 is 5.32 Å². The van der Waals surface area contributed by atoms with Crippen LogP contribution in [-0.2, 0) is 11.2 Å². The zero-order valence-corrected chi connectivity index (χ0v) is 11.7. The third-order valence-electron chi connectivity index (χ3n) is 3.70. The van der Waals surface area contributed by atoms with Crippen molar-refractivity contribution in [1.29, 1.82) is 0 Å². The Kier molecular flexibility index (Phi) is 3.90. The number of carbonyl (C=O) groups is 1. The minimum Gasteiger partial charge on any atom is -0.481 e. The molecule has 4 nitrogen and oxygen atoms in total. The molecule has 2 rings (SSSR count). The monoisotopic (exact) mass is 268 g/mol. The zero-order chi connectivity index (χ0) is 13.2. The lowest BCUT2D eigenvalue weighted by atomic mass is 9.87. The number of hydrogen-bond acceptors (Lipinski definition) is 4. The van der Waals surface area contributed by atoms with Crippen molar-refractivity contribution < 1.29 is 9.90 Å². The van der Waals surface area contributed by atoms with Gasteiger partial charge < -0.3 is 10.4 Å². The Morgan fingerprint density at radius 3 is 3.06 bits per heavy atom. The highest BCUT2D eigenvalue weighted by atomic mass is 32.1. The summed E-state index contributed by atoms with van der Waals surface area (Å²) >= 11 is 1.57. The fourth-order valence-electron chi connectivity index (χ4n) is 2.47. The van der Waals surface area contributed by atoms with Crippen molar-refractivity contribution in [2.24, 2.45) is 5.41 Å². The summed E-state index contributed by atoms with van der Waals surface area (Å²) in [6.07, 6.45) is 4.38. The van der Waals surface area contributed by atoms with E-state index in [0.717, 1.165) is 10.8 Å². The van der Waals surface area contributed by atoms with Gasteiger partial charge in [0.2, 0.25) is 0 Å². The van der Waals surface area contributed by atoms with Crippen LogP contribution in [0.2, 0.25) is 0 Å². The van der Waals surface area contributed by atoms with E-state index in [1.165, 1.54) is 19.3 Å². The molecule has 1 aliphatic rings. The summed E-state index contributed by atoms with van der Waals surface area (Å²) < 4.78 is 0. The Morgan fingerprint density at radius 2 is 2.44 bits per heavy atom. The number of aromatic nitrogens is 1. The van der Waals surface area contributed by atoms with E-state index < -0.39 is 5.97 Å². The number of aliphatic carboxylic acids is 1. The smallest absolute Gasteiger partial charge is 0.303 e. The third-order valence-corrected chi connectivity index (χ3v) is 4.52. The van der Waals surface area contributed by atoms with Crippen molar-refractivity contribution in [3.05, 3.63) is 11.1 Å². The Balaban J connectivity index is 1.92. The number of carboxylic acids is 1. The van der Waals surface area contributed by atoms with Crippen LogP contribution in [0, 0.1) is 5.41 Å². The molecule has 1 saturated carbocycles. The predicted molar refractivity (Wildman–Crippen MR) is 73.1 cm³/mol. The molecule has 1 fully saturated rings. The molecule has 1 aliphatic carbocycles. The maximum Gasteiger partial charge on any atom is 0.303 e. The number of thiazole rings is 1. The van der Waals surface area contributed by atoms with Gasteiger partial charge in [-0.2, -0.15) is 0 Å². The van der Waals surface area contributed by atoms with Crippen LogP contribution in [0.1, 0.15) is 45.2 Å². The average molecular weight is 268 g/mol. The van der Waals surface area contributed by atoms with Crippen LogP contribution in [0.5, 0.6) is 0 Å². The molecule has 1 heterocycles. The Morgan fingerprint density at radius 1 is 1.67 bits per heavy atom. The van der Waals surface area contributed by atoms with Gasteiger partial charge in [-0.05, 0) is 18.3 Å². The van der Waals surface area contributed by atoms with Gasteiger partial charge in [0.25, 0.3) is 0 Å². The SMILES string of the molecule is CC1(C)CCCC1Nc1nc(CCC(=O)O)cs1. The van der Waals surface area contributed by atoms with Crippen LogP contribution in [-0.4, -0.2) is 22.1 Å².